The fourth-order valence-electron chi connectivity index (χ4n) is 1.99. The maximum Gasteiger partial charge on any atom is 0.137 e. The third kappa shape index (κ3) is 1.59. The second-order valence-corrected chi connectivity index (χ2v) is 4.34. The lowest BCUT2D eigenvalue weighted by Crippen LogP contribution is -2.05. The predicted molar refractivity (Wildman–Crippen MR) is 64.5 cm³/mol. The van der Waals surface area contributed by atoms with Crippen molar-refractivity contribution in [2.75, 3.05) is 0 Å². The van der Waals surface area contributed by atoms with E-state index < -0.39 is 0 Å². The third-order valence-electron chi connectivity index (χ3n) is 2.81. The summed E-state index contributed by atoms with van der Waals surface area (Å²) < 4.78 is 5.51. The number of hydrogen-bond acceptors (Lipinski definition) is 3. The second-order valence-electron chi connectivity index (χ2n) is 3.93. The predicted octanol–water partition coefficient (Wildman–Crippen LogP) is 3.31. The molecule has 86 valence electrons. The van der Waals surface area contributed by atoms with E-state index in [1.165, 1.54) is 6.07 Å². The van der Waals surface area contributed by atoms with Crippen LogP contribution in [-0.2, 0) is 6.61 Å². The van der Waals surface area contributed by atoms with Crippen molar-refractivity contribution in [3.05, 3.63) is 40.9 Å². The minimum absolute atomic E-state index is 0.00708. The zero-order chi connectivity index (χ0) is 12.0. The highest BCUT2D eigenvalue weighted by Gasteiger charge is 2.19. The Morgan fingerprint density at radius 1 is 1.06 bits per heavy atom. The lowest BCUT2D eigenvalue weighted by atomic mass is 9.97. The molecule has 1 heterocycles. The van der Waals surface area contributed by atoms with E-state index in [-0.39, 0.29) is 16.5 Å². The van der Waals surface area contributed by atoms with Crippen molar-refractivity contribution in [1.29, 1.82) is 0 Å². The molecule has 0 aliphatic carbocycles. The number of ether oxygens (including phenoxy) is 1. The van der Waals surface area contributed by atoms with Crippen LogP contribution in [0.5, 0.6) is 17.2 Å². The van der Waals surface area contributed by atoms with Crippen molar-refractivity contribution < 1.29 is 14.9 Å². The summed E-state index contributed by atoms with van der Waals surface area (Å²) >= 11 is 5.89. The number of phenolic OH excluding ortho intramolecular Hbond substituents is 2. The molecule has 2 N–H and O–H groups in total. The first kappa shape index (κ1) is 10.3. The van der Waals surface area contributed by atoms with E-state index in [2.05, 4.69) is 0 Å². The Bertz CT molecular complexity index is 608. The molecular formula is C13H9ClO3. The largest absolute Gasteiger partial charge is 0.508 e. The van der Waals surface area contributed by atoms with Crippen LogP contribution in [0.4, 0.5) is 0 Å². The second kappa shape index (κ2) is 3.57. The highest BCUT2D eigenvalue weighted by atomic mass is 35.5. The van der Waals surface area contributed by atoms with Crippen LogP contribution in [0.3, 0.4) is 0 Å². The summed E-state index contributed by atoms with van der Waals surface area (Å²) in [6.07, 6.45) is 0. The van der Waals surface area contributed by atoms with Crippen LogP contribution in [-0.4, -0.2) is 10.2 Å². The molecule has 0 fully saturated rings. The van der Waals surface area contributed by atoms with E-state index in [0.717, 1.165) is 16.7 Å². The number of aromatic hydroxyl groups is 2. The maximum absolute atomic E-state index is 9.52. The number of rotatable bonds is 0. The molecule has 1 aliphatic rings. The molecule has 3 rings (SSSR count). The van der Waals surface area contributed by atoms with Crippen molar-refractivity contribution in [1.82, 2.24) is 0 Å². The summed E-state index contributed by atoms with van der Waals surface area (Å²) in [7, 11) is 0. The van der Waals surface area contributed by atoms with E-state index in [0.29, 0.717) is 12.4 Å². The van der Waals surface area contributed by atoms with Gasteiger partial charge in [0.15, 0.2) is 0 Å². The summed E-state index contributed by atoms with van der Waals surface area (Å²) in [6, 6.07) is 8.28. The van der Waals surface area contributed by atoms with Gasteiger partial charge in [-0.3, -0.25) is 0 Å². The third-order valence-corrected chi connectivity index (χ3v) is 3.11. The van der Waals surface area contributed by atoms with Crippen LogP contribution in [0.2, 0.25) is 5.02 Å². The van der Waals surface area contributed by atoms with Crippen LogP contribution in [0.15, 0.2) is 30.3 Å². The van der Waals surface area contributed by atoms with Crippen molar-refractivity contribution in [3.63, 3.8) is 0 Å². The van der Waals surface area contributed by atoms with Crippen LogP contribution in [0.25, 0.3) is 11.1 Å². The first-order valence-electron chi connectivity index (χ1n) is 5.13. The van der Waals surface area contributed by atoms with E-state index in [1.807, 2.05) is 6.07 Å². The summed E-state index contributed by atoms with van der Waals surface area (Å²) in [4.78, 5) is 0. The lowest BCUT2D eigenvalue weighted by molar-refractivity contribution is 0.300. The molecule has 2 aromatic carbocycles. The van der Waals surface area contributed by atoms with Gasteiger partial charge in [-0.15, -0.1) is 0 Å². The van der Waals surface area contributed by atoms with Crippen LogP contribution in [0.1, 0.15) is 5.56 Å². The minimum Gasteiger partial charge on any atom is -0.508 e. The molecule has 2 aromatic rings. The smallest absolute Gasteiger partial charge is 0.137 e. The molecule has 1 aliphatic heterocycles. The Balaban J connectivity index is 2.25. The van der Waals surface area contributed by atoms with E-state index in [4.69, 9.17) is 16.3 Å². The molecule has 0 aromatic heterocycles. The monoisotopic (exact) mass is 248 g/mol. The lowest BCUT2D eigenvalue weighted by Gasteiger charge is -2.21. The van der Waals surface area contributed by atoms with E-state index in [1.54, 1.807) is 18.2 Å². The van der Waals surface area contributed by atoms with Gasteiger partial charge in [-0.25, -0.2) is 0 Å². The van der Waals surface area contributed by atoms with Gasteiger partial charge in [-0.2, -0.15) is 0 Å². The average Bonchev–Trinajstić information content (AvgIpc) is 2.30. The summed E-state index contributed by atoms with van der Waals surface area (Å²) in [5.74, 6) is 0.818. The first-order chi connectivity index (χ1) is 8.15. The minimum atomic E-state index is 0.00708. The average molecular weight is 249 g/mol. The number of halogens is 1. The fourth-order valence-corrected chi connectivity index (χ4v) is 2.15. The molecule has 4 heteroatoms. The number of fused-ring (bicyclic) bond motifs is 3. The van der Waals surface area contributed by atoms with Crippen molar-refractivity contribution in [3.8, 4) is 28.4 Å². The van der Waals surface area contributed by atoms with Crippen LogP contribution >= 0.6 is 11.6 Å². The van der Waals surface area contributed by atoms with Crippen molar-refractivity contribution in [2.45, 2.75) is 6.61 Å². The zero-order valence-electron chi connectivity index (χ0n) is 8.77. The molecule has 0 unspecified atom stereocenters. The van der Waals surface area contributed by atoms with Gasteiger partial charge in [0, 0.05) is 17.2 Å². The van der Waals surface area contributed by atoms with Gasteiger partial charge in [0.1, 0.15) is 23.9 Å². The van der Waals surface area contributed by atoms with Gasteiger partial charge in [-0.1, -0.05) is 17.7 Å². The van der Waals surface area contributed by atoms with Gasteiger partial charge < -0.3 is 14.9 Å². The molecule has 0 saturated carbocycles. The number of benzene rings is 2. The Kier molecular flexibility index (Phi) is 2.16. The Morgan fingerprint density at radius 2 is 1.88 bits per heavy atom. The zero-order valence-corrected chi connectivity index (χ0v) is 9.53. The standard InChI is InChI=1S/C13H9ClO3/c14-11-4-10-9-2-1-8(15)3-7(9)6-17-13(10)5-12(11)16/h1-5,15-16H,6H2. The fraction of sp³-hybridized carbons (Fsp3) is 0.0769. The summed E-state index contributed by atoms with van der Waals surface area (Å²) in [5.41, 5.74) is 2.69. The molecule has 3 nitrogen and oxygen atoms in total. The van der Waals surface area contributed by atoms with Gasteiger partial charge in [-0.05, 0) is 23.8 Å². The normalized spacial score (nSPS) is 12.5. The highest BCUT2D eigenvalue weighted by molar-refractivity contribution is 6.32. The number of phenols is 2. The molecule has 0 atom stereocenters. The molecule has 0 saturated heterocycles. The summed E-state index contributed by atoms with van der Waals surface area (Å²) in [5, 5.41) is 19.2. The summed E-state index contributed by atoms with van der Waals surface area (Å²) in [6.45, 7) is 0.373. The van der Waals surface area contributed by atoms with Crippen molar-refractivity contribution >= 4 is 11.6 Å². The van der Waals surface area contributed by atoms with Crippen LogP contribution in [0, 0.1) is 0 Å². The molecule has 0 radical (unpaired) electrons. The molecule has 0 bridgehead atoms. The van der Waals surface area contributed by atoms with Gasteiger partial charge in [0.25, 0.3) is 0 Å². The molecule has 0 spiro atoms. The van der Waals surface area contributed by atoms with Crippen molar-refractivity contribution in [2.24, 2.45) is 0 Å². The Morgan fingerprint density at radius 3 is 2.71 bits per heavy atom. The quantitative estimate of drug-likeness (QED) is 0.752. The van der Waals surface area contributed by atoms with Crippen LogP contribution < -0.4 is 4.74 Å². The Labute approximate surface area is 103 Å². The Hall–Kier alpha value is -1.87. The molecular weight excluding hydrogens is 240 g/mol. The first-order valence-corrected chi connectivity index (χ1v) is 5.50. The van der Waals surface area contributed by atoms with E-state index >= 15 is 0 Å². The number of hydrogen-bond donors (Lipinski definition) is 2. The van der Waals surface area contributed by atoms with E-state index in [9.17, 15) is 10.2 Å². The van der Waals surface area contributed by atoms with Gasteiger partial charge in [0.2, 0.25) is 0 Å². The molecule has 17 heavy (non-hydrogen) atoms. The molecule has 0 amide bonds. The maximum atomic E-state index is 9.52. The topological polar surface area (TPSA) is 49.7 Å². The van der Waals surface area contributed by atoms with Gasteiger partial charge in [0.05, 0.1) is 5.02 Å². The highest BCUT2D eigenvalue weighted by Crippen LogP contribution is 2.43. The SMILES string of the molecule is Oc1ccc2c(c1)COc1cc(O)c(Cl)cc1-2. The van der Waals surface area contributed by atoms with Gasteiger partial charge >= 0.3 is 0 Å².